The molecule has 0 radical (unpaired) electrons. The fourth-order valence-corrected chi connectivity index (χ4v) is 3.93. The van der Waals surface area contributed by atoms with Gasteiger partial charge in [0.2, 0.25) is 5.88 Å². The van der Waals surface area contributed by atoms with Gasteiger partial charge in [-0.1, -0.05) is 24.6 Å². The van der Waals surface area contributed by atoms with Gasteiger partial charge >= 0.3 is 22.6 Å². The van der Waals surface area contributed by atoms with Crippen molar-refractivity contribution in [2.24, 2.45) is 0 Å². The van der Waals surface area contributed by atoms with E-state index in [-0.39, 0.29) is 49.4 Å². The van der Waals surface area contributed by atoms with Crippen molar-refractivity contribution in [1.29, 1.82) is 0 Å². The number of ether oxygens (including phenoxy) is 3. The summed E-state index contributed by atoms with van der Waals surface area (Å²) in [5.41, 5.74) is -1.14. The SMILES string of the molecule is CCCN(C(=O)OS(=O)(=O)NCCN(C)C)c1c(OCCOC)cccc1Oc1ncc(C(F)(F)F)cc1Cl. The lowest BCUT2D eigenvalue weighted by atomic mass is 10.2. The number of anilines is 1. The van der Waals surface area contributed by atoms with Crippen LogP contribution in [0.2, 0.25) is 5.02 Å². The van der Waals surface area contributed by atoms with Crippen LogP contribution < -0.4 is 19.1 Å². The van der Waals surface area contributed by atoms with Crippen molar-refractivity contribution in [2.45, 2.75) is 19.5 Å². The molecular weight excluding hydrogens is 569 g/mol. The second-order valence-electron chi connectivity index (χ2n) is 8.21. The van der Waals surface area contributed by atoms with Crippen molar-refractivity contribution < 1.29 is 44.8 Å². The number of para-hydroxylation sites is 1. The number of amides is 1. The van der Waals surface area contributed by atoms with Gasteiger partial charge in [-0.25, -0.2) is 9.78 Å². The summed E-state index contributed by atoms with van der Waals surface area (Å²) < 4.78 is 87.3. The summed E-state index contributed by atoms with van der Waals surface area (Å²) in [5.74, 6) is -0.416. The molecule has 1 amide bonds. The molecule has 2 rings (SSSR count). The van der Waals surface area contributed by atoms with Crippen LogP contribution >= 0.6 is 11.6 Å². The molecule has 0 unspecified atom stereocenters. The number of hydrogen-bond donors (Lipinski definition) is 1. The van der Waals surface area contributed by atoms with Gasteiger partial charge in [-0.15, -0.1) is 0 Å². The quantitative estimate of drug-likeness (QED) is 0.317. The maximum Gasteiger partial charge on any atom is 0.431 e. The highest BCUT2D eigenvalue weighted by molar-refractivity contribution is 7.85. The molecule has 1 aromatic heterocycles. The molecule has 0 fully saturated rings. The topological polar surface area (TPSA) is 120 Å². The molecule has 0 saturated heterocycles. The Labute approximate surface area is 230 Å². The molecule has 1 aromatic carbocycles. The Morgan fingerprint density at radius 2 is 1.85 bits per heavy atom. The van der Waals surface area contributed by atoms with E-state index in [4.69, 9.17) is 30.0 Å². The summed E-state index contributed by atoms with van der Waals surface area (Å²) >= 11 is 6.01. The molecule has 1 heterocycles. The van der Waals surface area contributed by atoms with Crippen LogP contribution in [0.3, 0.4) is 0 Å². The Bertz CT molecular complexity index is 1220. The predicted octanol–water partition coefficient (Wildman–Crippen LogP) is 4.32. The lowest BCUT2D eigenvalue weighted by Gasteiger charge is -2.26. The number of rotatable bonds is 14. The van der Waals surface area contributed by atoms with Crippen LogP contribution in [0.15, 0.2) is 30.5 Å². The molecule has 0 spiro atoms. The number of carbonyl (C=O) groups excluding carboxylic acids is 1. The fourth-order valence-electron chi connectivity index (χ4n) is 3.04. The average Bonchev–Trinajstić information content (AvgIpc) is 2.83. The van der Waals surface area contributed by atoms with E-state index in [1.54, 1.807) is 25.9 Å². The minimum absolute atomic E-state index is 0.0143. The number of nitrogens with one attached hydrogen (secondary N) is 1. The lowest BCUT2D eigenvalue weighted by molar-refractivity contribution is -0.137. The van der Waals surface area contributed by atoms with Crippen LogP contribution in [0, 0.1) is 0 Å². The van der Waals surface area contributed by atoms with E-state index in [9.17, 15) is 26.4 Å². The molecule has 0 bridgehead atoms. The Balaban J connectivity index is 2.49. The smallest absolute Gasteiger partial charge is 0.431 e. The van der Waals surface area contributed by atoms with E-state index in [0.29, 0.717) is 25.2 Å². The molecule has 2 aromatic rings. The van der Waals surface area contributed by atoms with E-state index >= 15 is 0 Å². The second-order valence-corrected chi connectivity index (χ2v) is 9.98. The summed E-state index contributed by atoms with van der Waals surface area (Å²) in [5, 5.41) is -0.446. The van der Waals surface area contributed by atoms with Crippen molar-refractivity contribution in [3.8, 4) is 17.4 Å². The number of likely N-dealkylation sites (N-methyl/N-ethyl adjacent to an activating group) is 1. The maximum absolute atomic E-state index is 13.1. The molecule has 16 heteroatoms. The number of alkyl halides is 3. The third kappa shape index (κ3) is 10.0. The van der Waals surface area contributed by atoms with Crippen LogP contribution in [0.5, 0.6) is 17.4 Å². The van der Waals surface area contributed by atoms with Crippen molar-refractivity contribution >= 4 is 33.7 Å². The minimum Gasteiger partial charge on any atom is -0.489 e. The Hall–Kier alpha value is -2.85. The van der Waals surface area contributed by atoms with Gasteiger partial charge in [0.15, 0.2) is 5.75 Å². The minimum atomic E-state index is -4.68. The van der Waals surface area contributed by atoms with E-state index in [0.717, 1.165) is 4.90 Å². The summed E-state index contributed by atoms with van der Waals surface area (Å²) in [6.07, 6.45) is -5.05. The monoisotopic (exact) mass is 598 g/mol. The standard InChI is InChI=1S/C23H30ClF3N4O7S/c1-5-10-31(22(32)38-39(33,34)29-9-11-30(2)3)20-18(36-13-12-35-4)7-6-8-19(20)37-21-17(24)14-16(15-28-21)23(25,26)27/h6-8,14-15,29H,5,9-13H2,1-4H3. The summed E-state index contributed by atoms with van der Waals surface area (Å²) in [7, 11) is 0.445. The third-order valence-corrected chi connectivity index (χ3v) is 6.00. The number of pyridine rings is 1. The normalized spacial score (nSPS) is 11.9. The Morgan fingerprint density at radius 1 is 1.15 bits per heavy atom. The fraction of sp³-hybridized carbons (Fsp3) is 0.478. The van der Waals surface area contributed by atoms with Gasteiger partial charge in [-0.05, 0) is 38.7 Å². The van der Waals surface area contributed by atoms with E-state index in [1.165, 1.54) is 25.3 Å². The number of aromatic nitrogens is 1. The summed E-state index contributed by atoms with van der Waals surface area (Å²) in [4.78, 5) is 19.5. The Kier molecular flexibility index (Phi) is 12.0. The van der Waals surface area contributed by atoms with Crippen molar-refractivity contribution in [3.05, 3.63) is 41.0 Å². The molecule has 0 aliphatic carbocycles. The summed E-state index contributed by atoms with van der Waals surface area (Å²) in [6.45, 7) is 2.25. The van der Waals surface area contributed by atoms with Crippen LogP contribution in [0.4, 0.5) is 23.7 Å². The number of nitrogens with zero attached hydrogens (tertiary/aromatic N) is 3. The predicted molar refractivity (Wildman–Crippen MR) is 138 cm³/mol. The van der Waals surface area contributed by atoms with Crippen molar-refractivity contribution in [2.75, 3.05) is 59.0 Å². The molecule has 0 atom stereocenters. The van der Waals surface area contributed by atoms with Crippen LogP contribution in [0.25, 0.3) is 0 Å². The molecule has 218 valence electrons. The van der Waals surface area contributed by atoms with Gasteiger partial charge in [0.1, 0.15) is 23.1 Å². The van der Waals surface area contributed by atoms with E-state index in [2.05, 4.69) is 9.71 Å². The van der Waals surface area contributed by atoms with Gasteiger partial charge in [0.25, 0.3) is 0 Å². The maximum atomic E-state index is 13.1. The number of carbonyl (C=O) groups is 1. The highest BCUT2D eigenvalue weighted by Crippen LogP contribution is 2.42. The number of halogens is 4. The van der Waals surface area contributed by atoms with Gasteiger partial charge in [0, 0.05) is 32.9 Å². The van der Waals surface area contributed by atoms with Crippen molar-refractivity contribution in [1.82, 2.24) is 14.6 Å². The molecule has 1 N–H and O–H groups in total. The number of benzene rings is 1. The first kappa shape index (κ1) is 32.4. The van der Waals surface area contributed by atoms with Gasteiger partial charge in [-0.3, -0.25) is 4.90 Å². The van der Waals surface area contributed by atoms with Crippen LogP contribution in [-0.4, -0.2) is 78.4 Å². The zero-order valence-electron chi connectivity index (χ0n) is 21.7. The van der Waals surface area contributed by atoms with Gasteiger partial charge in [-0.2, -0.15) is 26.3 Å². The largest absolute Gasteiger partial charge is 0.489 e. The third-order valence-electron chi connectivity index (χ3n) is 4.80. The highest BCUT2D eigenvalue weighted by atomic mass is 35.5. The molecule has 0 aliphatic heterocycles. The Morgan fingerprint density at radius 3 is 2.44 bits per heavy atom. The number of hydrogen-bond acceptors (Lipinski definition) is 9. The van der Waals surface area contributed by atoms with E-state index < -0.39 is 33.2 Å². The first-order valence-corrected chi connectivity index (χ1v) is 13.4. The van der Waals surface area contributed by atoms with Crippen LogP contribution in [0.1, 0.15) is 18.9 Å². The highest BCUT2D eigenvalue weighted by Gasteiger charge is 2.33. The summed E-state index contributed by atoms with van der Waals surface area (Å²) in [6, 6.07) is 5.01. The zero-order chi connectivity index (χ0) is 29.2. The molecular formula is C23H30ClF3N4O7S. The average molecular weight is 599 g/mol. The van der Waals surface area contributed by atoms with Crippen molar-refractivity contribution in [3.63, 3.8) is 0 Å². The lowest BCUT2D eigenvalue weighted by Crippen LogP contribution is -2.39. The zero-order valence-corrected chi connectivity index (χ0v) is 23.3. The molecule has 0 aliphatic rings. The number of methoxy groups -OCH3 is 1. The molecule has 11 nitrogen and oxygen atoms in total. The first-order valence-electron chi connectivity index (χ1n) is 11.6. The molecule has 39 heavy (non-hydrogen) atoms. The first-order chi connectivity index (χ1) is 18.3. The second kappa shape index (κ2) is 14.5. The van der Waals surface area contributed by atoms with Crippen LogP contribution in [-0.2, 0) is 25.4 Å². The van der Waals surface area contributed by atoms with E-state index in [1.807, 2.05) is 0 Å². The van der Waals surface area contributed by atoms with Gasteiger partial charge in [0.05, 0.1) is 12.2 Å². The van der Waals surface area contributed by atoms with Gasteiger partial charge < -0.3 is 23.3 Å². The molecule has 0 saturated carbocycles.